The first-order valence-electron chi connectivity index (χ1n) is 7.13. The Labute approximate surface area is 120 Å². The van der Waals surface area contributed by atoms with Crippen molar-refractivity contribution < 1.29 is 9.47 Å². The third-order valence-electron chi connectivity index (χ3n) is 3.76. The molecule has 2 rings (SSSR count). The van der Waals surface area contributed by atoms with Gasteiger partial charge in [0.2, 0.25) is 0 Å². The van der Waals surface area contributed by atoms with Crippen LogP contribution in [0.5, 0.6) is 0 Å². The van der Waals surface area contributed by atoms with E-state index in [4.69, 9.17) is 9.47 Å². The average molecular weight is 280 g/mol. The molecule has 112 valence electrons. The van der Waals surface area contributed by atoms with Crippen LogP contribution in [0, 0.1) is 0 Å². The van der Waals surface area contributed by atoms with Gasteiger partial charge in [0, 0.05) is 39.3 Å². The summed E-state index contributed by atoms with van der Waals surface area (Å²) in [7, 11) is 3.62. The molecule has 1 aromatic heterocycles. The van der Waals surface area contributed by atoms with Crippen molar-refractivity contribution in [3.05, 3.63) is 11.9 Å². The van der Waals surface area contributed by atoms with E-state index in [9.17, 15) is 0 Å². The molecule has 1 atom stereocenters. The number of ether oxygens (including phenoxy) is 2. The summed E-state index contributed by atoms with van der Waals surface area (Å²) in [6.07, 6.45) is 4.48. The SMILES string of the molecule is CCCc1c(NC)ncnc1NCC1(OC)CCOC1. The third kappa shape index (κ3) is 3.19. The Hall–Kier alpha value is -1.40. The summed E-state index contributed by atoms with van der Waals surface area (Å²) in [5.41, 5.74) is 0.886. The van der Waals surface area contributed by atoms with Crippen LogP contribution in [0.1, 0.15) is 25.3 Å². The fourth-order valence-electron chi connectivity index (χ4n) is 2.47. The number of nitrogens with one attached hydrogen (secondary N) is 2. The molecule has 0 amide bonds. The van der Waals surface area contributed by atoms with E-state index in [-0.39, 0.29) is 5.60 Å². The lowest BCUT2D eigenvalue weighted by Crippen LogP contribution is -2.40. The summed E-state index contributed by atoms with van der Waals surface area (Å²) in [4.78, 5) is 8.65. The van der Waals surface area contributed by atoms with Crippen molar-refractivity contribution in [2.75, 3.05) is 44.5 Å². The van der Waals surface area contributed by atoms with Crippen molar-refractivity contribution in [2.45, 2.75) is 31.8 Å². The summed E-state index contributed by atoms with van der Waals surface area (Å²) < 4.78 is 11.1. The second kappa shape index (κ2) is 6.85. The van der Waals surface area contributed by atoms with Gasteiger partial charge in [0.15, 0.2) is 0 Å². The minimum atomic E-state index is -0.242. The van der Waals surface area contributed by atoms with E-state index in [1.807, 2.05) is 7.05 Å². The van der Waals surface area contributed by atoms with Crippen LogP contribution < -0.4 is 10.6 Å². The Balaban J connectivity index is 2.12. The zero-order valence-corrected chi connectivity index (χ0v) is 12.5. The van der Waals surface area contributed by atoms with Crippen LogP contribution in [0.2, 0.25) is 0 Å². The summed E-state index contributed by atoms with van der Waals surface area (Å²) in [6.45, 7) is 4.23. The lowest BCUT2D eigenvalue weighted by atomic mass is 10.0. The summed E-state index contributed by atoms with van der Waals surface area (Å²) in [5, 5.41) is 6.54. The van der Waals surface area contributed by atoms with E-state index >= 15 is 0 Å². The molecular formula is C14H24N4O2. The van der Waals surface area contributed by atoms with Gasteiger partial charge in [-0.25, -0.2) is 9.97 Å². The highest BCUT2D eigenvalue weighted by molar-refractivity contribution is 5.57. The molecule has 1 saturated heterocycles. The Morgan fingerprint density at radius 1 is 1.40 bits per heavy atom. The molecule has 1 aliphatic rings. The van der Waals surface area contributed by atoms with Gasteiger partial charge in [-0.2, -0.15) is 0 Å². The summed E-state index contributed by atoms with van der Waals surface area (Å²) in [6, 6.07) is 0. The first-order chi connectivity index (χ1) is 9.74. The second-order valence-electron chi connectivity index (χ2n) is 5.09. The van der Waals surface area contributed by atoms with E-state index in [2.05, 4.69) is 27.5 Å². The molecule has 0 radical (unpaired) electrons. The fraction of sp³-hybridized carbons (Fsp3) is 0.714. The Morgan fingerprint density at radius 3 is 2.80 bits per heavy atom. The summed E-state index contributed by atoms with van der Waals surface area (Å²) >= 11 is 0. The lowest BCUT2D eigenvalue weighted by molar-refractivity contribution is -0.00626. The van der Waals surface area contributed by atoms with Gasteiger partial charge in [-0.1, -0.05) is 13.3 Å². The minimum absolute atomic E-state index is 0.242. The number of hydrogen-bond donors (Lipinski definition) is 2. The van der Waals surface area contributed by atoms with E-state index in [0.717, 1.165) is 43.1 Å². The smallest absolute Gasteiger partial charge is 0.134 e. The van der Waals surface area contributed by atoms with Crippen molar-refractivity contribution in [3.63, 3.8) is 0 Å². The van der Waals surface area contributed by atoms with Gasteiger partial charge in [0.05, 0.1) is 6.61 Å². The second-order valence-corrected chi connectivity index (χ2v) is 5.09. The largest absolute Gasteiger partial charge is 0.378 e. The topological polar surface area (TPSA) is 68.3 Å². The molecule has 20 heavy (non-hydrogen) atoms. The van der Waals surface area contributed by atoms with Gasteiger partial charge in [-0.15, -0.1) is 0 Å². The molecule has 1 unspecified atom stereocenters. The van der Waals surface area contributed by atoms with Gasteiger partial charge in [0.25, 0.3) is 0 Å². The van der Waals surface area contributed by atoms with Gasteiger partial charge in [-0.05, 0) is 6.42 Å². The van der Waals surface area contributed by atoms with Crippen LogP contribution >= 0.6 is 0 Å². The molecule has 6 nitrogen and oxygen atoms in total. The molecule has 1 fully saturated rings. The highest BCUT2D eigenvalue weighted by Gasteiger charge is 2.35. The van der Waals surface area contributed by atoms with Crippen molar-refractivity contribution >= 4 is 11.6 Å². The predicted molar refractivity (Wildman–Crippen MR) is 79.2 cm³/mol. The maximum Gasteiger partial charge on any atom is 0.134 e. The zero-order chi connectivity index (χ0) is 14.4. The number of nitrogens with zero attached hydrogens (tertiary/aromatic N) is 2. The van der Waals surface area contributed by atoms with Crippen molar-refractivity contribution in [1.82, 2.24) is 9.97 Å². The number of aromatic nitrogens is 2. The van der Waals surface area contributed by atoms with E-state index < -0.39 is 0 Å². The maximum atomic E-state index is 5.63. The van der Waals surface area contributed by atoms with Gasteiger partial charge in [0.1, 0.15) is 23.6 Å². The first kappa shape index (κ1) is 15.0. The van der Waals surface area contributed by atoms with Gasteiger partial charge >= 0.3 is 0 Å². The quantitative estimate of drug-likeness (QED) is 0.792. The zero-order valence-electron chi connectivity index (χ0n) is 12.5. The van der Waals surface area contributed by atoms with Crippen molar-refractivity contribution in [2.24, 2.45) is 0 Å². The first-order valence-corrected chi connectivity index (χ1v) is 7.13. The number of rotatable bonds is 7. The third-order valence-corrected chi connectivity index (χ3v) is 3.76. The molecule has 0 bridgehead atoms. The maximum absolute atomic E-state index is 5.63. The molecule has 2 heterocycles. The van der Waals surface area contributed by atoms with E-state index in [0.29, 0.717) is 13.2 Å². The molecule has 6 heteroatoms. The summed E-state index contributed by atoms with van der Waals surface area (Å²) in [5.74, 6) is 1.77. The van der Waals surface area contributed by atoms with E-state index in [1.165, 1.54) is 0 Å². The average Bonchev–Trinajstić information content (AvgIpc) is 2.96. The van der Waals surface area contributed by atoms with Crippen LogP contribution in [0.25, 0.3) is 0 Å². The Morgan fingerprint density at radius 2 is 2.20 bits per heavy atom. The molecule has 0 spiro atoms. The monoisotopic (exact) mass is 280 g/mol. The molecule has 1 aromatic rings. The van der Waals surface area contributed by atoms with Gasteiger partial charge < -0.3 is 20.1 Å². The standard InChI is InChI=1S/C14H24N4O2/c1-4-5-11-12(15-2)17-10-18-13(11)16-8-14(19-3)6-7-20-9-14/h10H,4-9H2,1-3H3,(H2,15,16,17,18). The van der Waals surface area contributed by atoms with Crippen molar-refractivity contribution in [1.29, 1.82) is 0 Å². The fourth-order valence-corrected chi connectivity index (χ4v) is 2.47. The Bertz CT molecular complexity index is 433. The van der Waals surface area contributed by atoms with E-state index in [1.54, 1.807) is 13.4 Å². The highest BCUT2D eigenvalue weighted by atomic mass is 16.5. The van der Waals surface area contributed by atoms with Gasteiger partial charge in [-0.3, -0.25) is 0 Å². The van der Waals surface area contributed by atoms with Crippen LogP contribution in [0.4, 0.5) is 11.6 Å². The van der Waals surface area contributed by atoms with Crippen LogP contribution in [-0.4, -0.2) is 49.5 Å². The number of anilines is 2. The molecular weight excluding hydrogens is 256 g/mol. The highest BCUT2D eigenvalue weighted by Crippen LogP contribution is 2.25. The van der Waals surface area contributed by atoms with Crippen LogP contribution in [-0.2, 0) is 15.9 Å². The van der Waals surface area contributed by atoms with Crippen LogP contribution in [0.15, 0.2) is 6.33 Å². The van der Waals surface area contributed by atoms with Crippen molar-refractivity contribution in [3.8, 4) is 0 Å². The predicted octanol–water partition coefficient (Wildman–Crippen LogP) is 1.69. The molecule has 1 aliphatic heterocycles. The molecule has 0 saturated carbocycles. The minimum Gasteiger partial charge on any atom is -0.378 e. The number of methoxy groups -OCH3 is 1. The number of hydrogen-bond acceptors (Lipinski definition) is 6. The molecule has 0 aromatic carbocycles. The molecule has 2 N–H and O–H groups in total. The lowest BCUT2D eigenvalue weighted by Gasteiger charge is -2.26. The molecule has 0 aliphatic carbocycles. The van der Waals surface area contributed by atoms with Crippen LogP contribution in [0.3, 0.4) is 0 Å². The Kier molecular flexibility index (Phi) is 5.14. The normalized spacial score (nSPS) is 21.9.